The van der Waals surface area contributed by atoms with Gasteiger partial charge in [0.05, 0.1) is 0 Å². The third-order valence-electron chi connectivity index (χ3n) is 11.9. The topological polar surface area (TPSA) is 0 Å². The molecule has 53 heavy (non-hydrogen) atoms. The molecule has 10 aromatic rings. The standard InChI is InChI=1S/C50H34.2CH3.Hf/c1-5-18-38-32(12-1)24-26-34-16-9-22-42(46(34)38)44-30-36-14-3-7-20-40(36)48(44)50(28-11-29-50)49-41-21-8-4-15-37(41)31-45(49)43-23-10-17-35-27-25-33-13-2-6-19-39(33)47(35)43;;;/h1-10,12-27,30-31H,11,28-29H2;2*1H3;/q-2;2*-1;+4. The molecule has 0 atom stereocenters. The van der Waals surface area contributed by atoms with Crippen LogP contribution in [0.5, 0.6) is 0 Å². The molecule has 0 amide bonds. The van der Waals surface area contributed by atoms with Gasteiger partial charge < -0.3 is 14.9 Å². The Balaban J connectivity index is 0.00000133. The molecule has 1 aliphatic rings. The molecule has 0 N–H and O–H groups in total. The average Bonchev–Trinajstić information content (AvgIpc) is 3.74. The first kappa shape index (κ1) is 34.9. The molecule has 0 spiro atoms. The molecule has 252 valence electrons. The van der Waals surface area contributed by atoms with Crippen molar-refractivity contribution in [2.45, 2.75) is 24.7 Å². The first-order valence-electron chi connectivity index (χ1n) is 18.0. The summed E-state index contributed by atoms with van der Waals surface area (Å²) in [6.45, 7) is 0. The zero-order chi connectivity index (χ0) is 32.8. The minimum Gasteiger partial charge on any atom is -0.358 e. The second-order valence-corrected chi connectivity index (χ2v) is 14.4. The van der Waals surface area contributed by atoms with Crippen LogP contribution in [0.15, 0.2) is 170 Å². The Labute approximate surface area is 331 Å². The van der Waals surface area contributed by atoms with Crippen LogP contribution < -0.4 is 0 Å². The van der Waals surface area contributed by atoms with E-state index in [1.807, 2.05) is 0 Å². The minimum atomic E-state index is -0.129. The molecule has 1 heteroatoms. The third-order valence-corrected chi connectivity index (χ3v) is 11.9. The summed E-state index contributed by atoms with van der Waals surface area (Å²) in [7, 11) is 0. The fraction of sp³-hybridized carbons (Fsp3) is 0.0769. The SMILES string of the molecule is [CH3-].[CH3-].[Hf+4].c1ccc2c(c1)ccc1cccc(-c3[cH-]c4ccccc4c3C3(c4c(-c5cccc6ccc7ccccc7c56)[cH-]c5ccccc45)CCC3)c12. The molecule has 1 fully saturated rings. The largest absolute Gasteiger partial charge is 4.00 e. The Kier molecular flexibility index (Phi) is 8.83. The van der Waals surface area contributed by atoms with Gasteiger partial charge in [-0.05, 0) is 48.5 Å². The molecule has 0 aromatic heterocycles. The number of fused-ring (bicyclic) bond motifs is 8. The van der Waals surface area contributed by atoms with Crippen molar-refractivity contribution in [3.05, 3.63) is 196 Å². The van der Waals surface area contributed by atoms with Crippen molar-refractivity contribution in [1.29, 1.82) is 0 Å². The van der Waals surface area contributed by atoms with E-state index in [-0.39, 0.29) is 46.1 Å². The molecular weight excluding hydrogens is 803 g/mol. The zero-order valence-electron chi connectivity index (χ0n) is 30.3. The van der Waals surface area contributed by atoms with Gasteiger partial charge in [-0.25, -0.2) is 0 Å². The predicted molar refractivity (Wildman–Crippen MR) is 227 cm³/mol. The van der Waals surface area contributed by atoms with Crippen LogP contribution in [0.2, 0.25) is 0 Å². The van der Waals surface area contributed by atoms with E-state index >= 15 is 0 Å². The summed E-state index contributed by atoms with van der Waals surface area (Å²) in [5.41, 5.74) is 8.32. The van der Waals surface area contributed by atoms with Gasteiger partial charge in [0.25, 0.3) is 0 Å². The van der Waals surface area contributed by atoms with Gasteiger partial charge in [0.15, 0.2) is 0 Å². The fourth-order valence-corrected chi connectivity index (χ4v) is 9.63. The summed E-state index contributed by atoms with van der Waals surface area (Å²) >= 11 is 0. The van der Waals surface area contributed by atoms with E-state index in [4.69, 9.17) is 0 Å². The summed E-state index contributed by atoms with van der Waals surface area (Å²) in [6, 6.07) is 64.0. The van der Waals surface area contributed by atoms with Crippen molar-refractivity contribution in [3.8, 4) is 22.3 Å². The minimum absolute atomic E-state index is 0. The quantitative estimate of drug-likeness (QED) is 0.0941. The first-order chi connectivity index (χ1) is 24.8. The molecule has 0 saturated heterocycles. The van der Waals surface area contributed by atoms with E-state index in [1.54, 1.807) is 0 Å². The third kappa shape index (κ3) is 5.04. The molecule has 0 nitrogen and oxygen atoms in total. The second-order valence-electron chi connectivity index (χ2n) is 14.4. The molecule has 0 aliphatic heterocycles. The van der Waals surface area contributed by atoms with Gasteiger partial charge in [-0.2, -0.15) is 0 Å². The van der Waals surface area contributed by atoms with Crippen LogP contribution in [0.4, 0.5) is 0 Å². The Morgan fingerprint density at radius 1 is 0.377 bits per heavy atom. The van der Waals surface area contributed by atoms with Crippen molar-refractivity contribution in [3.63, 3.8) is 0 Å². The molecule has 10 aromatic carbocycles. The smallest absolute Gasteiger partial charge is 0.358 e. The van der Waals surface area contributed by atoms with Crippen molar-refractivity contribution in [2.24, 2.45) is 0 Å². The van der Waals surface area contributed by atoms with Crippen LogP contribution in [0.1, 0.15) is 30.4 Å². The van der Waals surface area contributed by atoms with E-state index in [1.165, 1.54) is 104 Å². The number of hydrogen-bond donors (Lipinski definition) is 0. The Hall–Kier alpha value is -5.11. The zero-order valence-corrected chi connectivity index (χ0v) is 33.9. The summed E-state index contributed by atoms with van der Waals surface area (Å²) in [5.74, 6) is 0. The molecular formula is C52H40Hf. The second kappa shape index (κ2) is 13.4. The summed E-state index contributed by atoms with van der Waals surface area (Å²) in [5, 5.41) is 15.9. The normalized spacial score (nSPS) is 13.5. The fourth-order valence-electron chi connectivity index (χ4n) is 9.63. The molecule has 1 aliphatic carbocycles. The van der Waals surface area contributed by atoms with Gasteiger partial charge in [-0.1, -0.05) is 176 Å². The van der Waals surface area contributed by atoms with Crippen LogP contribution in [0, 0.1) is 14.9 Å². The molecule has 11 rings (SSSR count). The van der Waals surface area contributed by atoms with Crippen molar-refractivity contribution in [2.75, 3.05) is 0 Å². The van der Waals surface area contributed by atoms with Gasteiger partial charge in [0.1, 0.15) is 0 Å². The van der Waals surface area contributed by atoms with Crippen LogP contribution in [0.3, 0.4) is 0 Å². The Morgan fingerprint density at radius 2 is 0.755 bits per heavy atom. The van der Waals surface area contributed by atoms with E-state index in [0.29, 0.717) is 0 Å². The molecule has 1 saturated carbocycles. The first-order valence-corrected chi connectivity index (χ1v) is 18.0. The maximum atomic E-state index is 2.50. The van der Waals surface area contributed by atoms with E-state index in [0.717, 1.165) is 12.8 Å². The number of benzene rings is 8. The van der Waals surface area contributed by atoms with E-state index < -0.39 is 0 Å². The van der Waals surface area contributed by atoms with Gasteiger partial charge >= 0.3 is 25.8 Å². The number of rotatable bonds is 4. The van der Waals surface area contributed by atoms with Crippen molar-refractivity contribution in [1.82, 2.24) is 0 Å². The summed E-state index contributed by atoms with van der Waals surface area (Å²) in [4.78, 5) is 0. The Bertz CT molecular complexity index is 2770. The molecule has 0 radical (unpaired) electrons. The summed E-state index contributed by atoms with van der Waals surface area (Å²) < 4.78 is 0. The van der Waals surface area contributed by atoms with Gasteiger partial charge in [0.2, 0.25) is 0 Å². The maximum absolute atomic E-state index is 2.50. The van der Waals surface area contributed by atoms with E-state index in [2.05, 4.69) is 170 Å². The molecule has 0 heterocycles. The monoisotopic (exact) mass is 844 g/mol. The summed E-state index contributed by atoms with van der Waals surface area (Å²) in [6.07, 6.45) is 3.48. The Morgan fingerprint density at radius 3 is 1.19 bits per heavy atom. The van der Waals surface area contributed by atoms with Gasteiger partial charge in [-0.15, -0.1) is 68.1 Å². The van der Waals surface area contributed by atoms with Crippen molar-refractivity contribution < 1.29 is 25.8 Å². The maximum Gasteiger partial charge on any atom is 4.00 e. The van der Waals surface area contributed by atoms with E-state index in [9.17, 15) is 0 Å². The van der Waals surface area contributed by atoms with Crippen molar-refractivity contribution >= 4 is 64.6 Å². The van der Waals surface area contributed by atoms with Crippen LogP contribution >= 0.6 is 0 Å². The van der Waals surface area contributed by atoms with Gasteiger partial charge in [0, 0.05) is 0 Å². The van der Waals surface area contributed by atoms with Crippen LogP contribution in [-0.4, -0.2) is 0 Å². The average molecular weight is 843 g/mol. The predicted octanol–water partition coefficient (Wildman–Crippen LogP) is 14.7. The number of hydrogen-bond acceptors (Lipinski definition) is 0. The van der Waals surface area contributed by atoms with Crippen LogP contribution in [-0.2, 0) is 31.3 Å². The van der Waals surface area contributed by atoms with Crippen LogP contribution in [0.25, 0.3) is 86.9 Å². The molecule has 0 bridgehead atoms. The molecule has 0 unspecified atom stereocenters. The van der Waals surface area contributed by atoms with Gasteiger partial charge in [-0.3, -0.25) is 0 Å².